The third kappa shape index (κ3) is 22.4. The van der Waals surface area contributed by atoms with Crippen LogP contribution in [0.25, 0.3) is 21.9 Å². The van der Waals surface area contributed by atoms with Crippen LogP contribution in [0, 0.1) is 0 Å². The predicted octanol–water partition coefficient (Wildman–Crippen LogP) is 17.9. The summed E-state index contributed by atoms with van der Waals surface area (Å²) in [4.78, 5) is 70.2. The summed E-state index contributed by atoms with van der Waals surface area (Å²) in [6.45, 7) is 35.0. The first-order valence-corrected chi connectivity index (χ1v) is 29.6. The maximum atomic E-state index is 12.4. The molecule has 2 heterocycles. The molecule has 0 radical (unpaired) electrons. The summed E-state index contributed by atoms with van der Waals surface area (Å²) in [6, 6.07) is 10.9. The van der Waals surface area contributed by atoms with Crippen LogP contribution in [0.2, 0.25) is 0 Å². The number of aromatic hydroxyl groups is 4. The van der Waals surface area contributed by atoms with E-state index in [1.54, 1.807) is 18.2 Å². The number of rotatable bonds is 20. The zero-order valence-electron chi connectivity index (χ0n) is 55.1. The highest BCUT2D eigenvalue weighted by atomic mass is 16.3. The molecule has 0 unspecified atom stereocenters. The average molecular weight is 1200 g/mol. The van der Waals surface area contributed by atoms with E-state index in [1.807, 2.05) is 133 Å². The van der Waals surface area contributed by atoms with Crippen molar-refractivity contribution in [3.63, 3.8) is 0 Å². The van der Waals surface area contributed by atoms with Crippen LogP contribution in [0.3, 0.4) is 0 Å². The van der Waals surface area contributed by atoms with Crippen molar-refractivity contribution in [2.24, 2.45) is 0 Å². The molecule has 0 bridgehead atoms. The van der Waals surface area contributed by atoms with Gasteiger partial charge in [0, 0.05) is 11.1 Å². The van der Waals surface area contributed by atoms with Crippen LogP contribution in [0.1, 0.15) is 211 Å². The van der Waals surface area contributed by atoms with E-state index in [0.29, 0.717) is 101 Å². The number of Topliss-reactive ketones (excluding diaryl/α,β-unsaturated/α-hetero) is 2. The first-order valence-electron chi connectivity index (χ1n) is 29.6. The number of carbonyl (C=O) groups is 4. The van der Waals surface area contributed by atoms with Crippen LogP contribution in [0.4, 0.5) is 0 Å². The normalized spacial score (nSPS) is 10.3. The number of phenolic OH excluding ortho intramolecular Hbond substituents is 4. The smallest absolute Gasteiger partial charge is 0.203 e. The van der Waals surface area contributed by atoms with Crippen molar-refractivity contribution in [1.29, 1.82) is 0 Å². The molecule has 6 rings (SSSR count). The lowest BCUT2D eigenvalue weighted by molar-refractivity contribution is 0.100. The van der Waals surface area contributed by atoms with Crippen LogP contribution in [0.15, 0.2) is 161 Å². The molecule has 0 aliphatic rings. The molecular formula is C76H92O12. The van der Waals surface area contributed by atoms with Gasteiger partial charge in [0.1, 0.15) is 46.7 Å². The summed E-state index contributed by atoms with van der Waals surface area (Å²) in [5, 5.41) is 42.3. The van der Waals surface area contributed by atoms with Crippen LogP contribution >= 0.6 is 0 Å². The van der Waals surface area contributed by atoms with E-state index in [9.17, 15) is 49.2 Å². The summed E-state index contributed by atoms with van der Waals surface area (Å²) in [5.41, 5.74) is 16.5. The van der Waals surface area contributed by atoms with Crippen molar-refractivity contribution in [1.82, 2.24) is 0 Å². The van der Waals surface area contributed by atoms with E-state index in [2.05, 4.69) is 44.2 Å². The van der Waals surface area contributed by atoms with E-state index in [-0.39, 0.29) is 62.1 Å². The van der Waals surface area contributed by atoms with E-state index in [0.717, 1.165) is 63.7 Å². The average Bonchev–Trinajstić information content (AvgIpc) is 1.70. The summed E-state index contributed by atoms with van der Waals surface area (Å²) in [5.74, 6) is -0.0780. The lowest BCUT2D eigenvalue weighted by Gasteiger charge is -2.13. The van der Waals surface area contributed by atoms with Crippen molar-refractivity contribution >= 4 is 46.1 Å². The highest BCUT2D eigenvalue weighted by Crippen LogP contribution is 2.37. The summed E-state index contributed by atoms with van der Waals surface area (Å²) in [7, 11) is 0. The Kier molecular flexibility index (Phi) is 29.2. The van der Waals surface area contributed by atoms with Gasteiger partial charge in [-0.2, -0.15) is 0 Å². The molecule has 0 aliphatic carbocycles. The quantitative estimate of drug-likeness (QED) is 0.0320. The van der Waals surface area contributed by atoms with Crippen LogP contribution < -0.4 is 10.9 Å². The Morgan fingerprint density at radius 1 is 0.352 bits per heavy atom. The molecule has 0 amide bonds. The van der Waals surface area contributed by atoms with Crippen molar-refractivity contribution < 1.29 is 48.4 Å². The monoisotopic (exact) mass is 1200 g/mol. The first kappa shape index (κ1) is 73.4. The molecule has 4 aromatic carbocycles. The van der Waals surface area contributed by atoms with Crippen molar-refractivity contribution in [3.8, 4) is 23.0 Å². The second-order valence-corrected chi connectivity index (χ2v) is 24.1. The Hall–Kier alpha value is -8.90. The third-order valence-electron chi connectivity index (χ3n) is 13.8. The molecule has 0 fully saturated rings. The van der Waals surface area contributed by atoms with Crippen LogP contribution in [-0.2, 0) is 51.4 Å². The summed E-state index contributed by atoms with van der Waals surface area (Å²) >= 11 is 0. The number of fused-ring (bicyclic) bond motifs is 2. The van der Waals surface area contributed by atoms with Gasteiger partial charge in [0.15, 0.2) is 24.1 Å². The molecule has 12 nitrogen and oxygen atoms in total. The molecule has 12 heteroatoms. The maximum Gasteiger partial charge on any atom is 0.203 e. The van der Waals surface area contributed by atoms with E-state index in [4.69, 9.17) is 8.83 Å². The second-order valence-electron chi connectivity index (χ2n) is 24.1. The van der Waals surface area contributed by atoms with Gasteiger partial charge in [-0.3, -0.25) is 28.8 Å². The second kappa shape index (κ2) is 35.0. The van der Waals surface area contributed by atoms with Crippen LogP contribution in [-0.4, -0.2) is 44.6 Å². The standard InChI is InChI=1S/C20H22O4.C20H22O3.C18H24O3.C18H24O2/c1-12(2)5-7-14-9-17-19(23)15(10-21)11-24-20(17)16(18(14)22)8-6-13(3)4;1-13(2)5-7-15-9-16(8-6-14(3)4)20-18(10-15)19(22)17(11-21)12-23-20;1-11(2)6-8-14-10-16(13(5)19)18(21)15(17(14)20)9-7-12(3)4;1-12(2)6-8-15-10-16(9-7-13(3)4)18(20)17(11-15)14(5)19/h5-6,9-11,22H,7-8H2,1-4H3;5-6,9-12H,7-8H2,1-4H3;6-7,10,20-21H,8-9H2,1-5H3;6-7,10-11,20H,8-9H2,1-5H3. The van der Waals surface area contributed by atoms with Crippen molar-refractivity contribution in [2.45, 2.75) is 176 Å². The maximum absolute atomic E-state index is 12.4. The Morgan fingerprint density at radius 3 is 1.09 bits per heavy atom. The minimum absolute atomic E-state index is 0.0190. The Labute approximate surface area is 520 Å². The van der Waals surface area contributed by atoms with Gasteiger partial charge in [0.25, 0.3) is 0 Å². The minimum Gasteiger partial charge on any atom is -0.507 e. The van der Waals surface area contributed by atoms with Gasteiger partial charge >= 0.3 is 0 Å². The largest absolute Gasteiger partial charge is 0.507 e. The number of hydrogen-bond donors (Lipinski definition) is 4. The lowest BCUT2D eigenvalue weighted by atomic mass is 9.95. The van der Waals surface area contributed by atoms with Crippen LogP contribution in [0.5, 0.6) is 23.0 Å². The fraction of sp³-hybridized carbons (Fsp3) is 0.342. The number of ketones is 2. The van der Waals surface area contributed by atoms with Gasteiger partial charge in [-0.1, -0.05) is 105 Å². The molecule has 0 aliphatic heterocycles. The number of phenols is 4. The fourth-order valence-corrected chi connectivity index (χ4v) is 8.79. The zero-order chi connectivity index (χ0) is 66.3. The van der Waals surface area contributed by atoms with E-state index < -0.39 is 0 Å². The SMILES string of the molecule is CC(=O)c1cc(CC=C(C)C)c(O)c(CC=C(C)C)c1O.CC(=O)c1cc(CC=C(C)C)cc(CC=C(C)C)c1O.CC(C)=CCc1cc(CC=C(C)C)c2occ(C=O)c(=O)c2c1.CC(C)=CCc1cc2c(=O)c(C=O)coc2c(CC=C(C)C)c1O. The number of carbonyl (C=O) groups excluding carboxylic acids is 4. The topological polar surface area (TPSA) is 210 Å². The molecule has 468 valence electrons. The molecular weight excluding hydrogens is 1100 g/mol. The Balaban J connectivity index is 0.000000308. The lowest BCUT2D eigenvalue weighted by Crippen LogP contribution is -2.09. The molecule has 6 aromatic rings. The summed E-state index contributed by atoms with van der Waals surface area (Å²) in [6.07, 6.45) is 24.5. The van der Waals surface area contributed by atoms with Gasteiger partial charge in [-0.05, 0) is 234 Å². The van der Waals surface area contributed by atoms with Gasteiger partial charge in [0.05, 0.1) is 33.0 Å². The molecule has 2 aromatic heterocycles. The van der Waals surface area contributed by atoms with Gasteiger partial charge < -0.3 is 29.3 Å². The number of aldehydes is 2. The third-order valence-corrected chi connectivity index (χ3v) is 13.8. The first-order chi connectivity index (χ1) is 41.3. The number of benzene rings is 4. The van der Waals surface area contributed by atoms with Gasteiger partial charge in [-0.25, -0.2) is 0 Å². The molecule has 0 saturated carbocycles. The molecule has 0 saturated heterocycles. The van der Waals surface area contributed by atoms with Crippen molar-refractivity contribution in [2.75, 3.05) is 0 Å². The van der Waals surface area contributed by atoms with E-state index >= 15 is 0 Å². The number of allylic oxidation sites excluding steroid dienone is 16. The van der Waals surface area contributed by atoms with Gasteiger partial charge in [-0.15, -0.1) is 0 Å². The fourth-order valence-electron chi connectivity index (χ4n) is 8.79. The van der Waals surface area contributed by atoms with E-state index in [1.165, 1.54) is 42.4 Å². The molecule has 0 atom stereocenters. The zero-order valence-corrected chi connectivity index (χ0v) is 55.1. The minimum atomic E-state index is -0.372. The Morgan fingerprint density at radius 2 is 0.670 bits per heavy atom. The number of hydrogen-bond acceptors (Lipinski definition) is 12. The summed E-state index contributed by atoms with van der Waals surface area (Å²) < 4.78 is 11.1. The highest BCUT2D eigenvalue weighted by Gasteiger charge is 2.20. The van der Waals surface area contributed by atoms with Gasteiger partial charge in [0.2, 0.25) is 10.9 Å². The Bertz CT molecular complexity index is 3900. The highest BCUT2D eigenvalue weighted by molar-refractivity contribution is 5.98. The van der Waals surface area contributed by atoms with Crippen molar-refractivity contribution in [3.05, 3.63) is 229 Å². The molecule has 88 heavy (non-hydrogen) atoms. The predicted molar refractivity (Wildman–Crippen MR) is 360 cm³/mol. The molecule has 4 N–H and O–H groups in total. The molecule has 0 spiro atoms.